The molecule has 3 heterocycles. The number of benzene rings is 1. The van der Waals surface area contributed by atoms with Crippen molar-refractivity contribution in [2.75, 3.05) is 11.9 Å². The number of nitrogens with zero attached hydrogens (tertiary/aromatic N) is 3. The van der Waals surface area contributed by atoms with Crippen molar-refractivity contribution in [1.82, 2.24) is 20.5 Å². The highest BCUT2D eigenvalue weighted by Crippen LogP contribution is 2.38. The molecule has 0 unspecified atom stereocenters. The summed E-state index contributed by atoms with van der Waals surface area (Å²) in [6.07, 6.45) is 0.596. The number of nitrogens with one attached hydrogen (secondary N) is 2. The largest absolute Gasteiger partial charge is 0.485 e. The summed E-state index contributed by atoms with van der Waals surface area (Å²) in [5.41, 5.74) is 2.18. The van der Waals surface area contributed by atoms with Crippen LogP contribution in [0.25, 0.3) is 21.1 Å². The van der Waals surface area contributed by atoms with Crippen LogP contribution in [-0.2, 0) is 4.79 Å². The Hall–Kier alpha value is -2.78. The molecule has 1 atom stereocenters. The molecule has 1 fully saturated rings. The molecule has 1 amide bonds. The highest BCUT2D eigenvalue weighted by atomic mass is 35.5. The number of pyridine rings is 1. The molecule has 7 nitrogen and oxygen atoms in total. The molecule has 168 valence electrons. The second kappa shape index (κ2) is 9.38. The average Bonchev–Trinajstić information content (AvgIpc) is 3.21. The summed E-state index contributed by atoms with van der Waals surface area (Å²) in [4.78, 5) is 15.8. The topological polar surface area (TPSA) is 89.0 Å². The number of hydrogen-bond donors (Lipinski definition) is 2. The summed E-state index contributed by atoms with van der Waals surface area (Å²) in [5, 5.41) is 16.0. The fourth-order valence-electron chi connectivity index (χ4n) is 3.38. The lowest BCUT2D eigenvalue weighted by Gasteiger charge is -2.24. The second-order valence-corrected chi connectivity index (χ2v) is 9.32. The van der Waals surface area contributed by atoms with Gasteiger partial charge in [-0.1, -0.05) is 22.9 Å². The first-order chi connectivity index (χ1) is 15.3. The zero-order chi connectivity index (χ0) is 22.8. The van der Waals surface area contributed by atoms with Crippen LogP contribution in [0.1, 0.15) is 32.4 Å². The van der Waals surface area contributed by atoms with Crippen LogP contribution in [0.5, 0.6) is 5.75 Å². The first-order valence-electron chi connectivity index (χ1n) is 10.3. The summed E-state index contributed by atoms with van der Waals surface area (Å²) in [6, 6.07) is 6.85. The Morgan fingerprint density at radius 1 is 1.25 bits per heavy atom. The van der Waals surface area contributed by atoms with Gasteiger partial charge in [-0.15, -0.1) is 10.2 Å². The van der Waals surface area contributed by atoms with Crippen LogP contribution in [0.2, 0.25) is 5.02 Å². The lowest BCUT2D eigenvalue weighted by molar-refractivity contribution is -0.123. The molecule has 0 aliphatic carbocycles. The molecule has 0 spiro atoms. The zero-order valence-corrected chi connectivity index (χ0v) is 19.5. The van der Waals surface area contributed by atoms with Crippen molar-refractivity contribution >= 4 is 34.7 Å². The highest BCUT2D eigenvalue weighted by molar-refractivity contribution is 7.18. The Morgan fingerprint density at radius 3 is 2.75 bits per heavy atom. The van der Waals surface area contributed by atoms with Gasteiger partial charge in [0.25, 0.3) is 0 Å². The molecule has 0 radical (unpaired) electrons. The van der Waals surface area contributed by atoms with Gasteiger partial charge in [-0.2, -0.15) is 0 Å². The Labute approximate surface area is 194 Å². The smallest absolute Gasteiger partial charge is 0.220 e. The fourth-order valence-corrected chi connectivity index (χ4v) is 4.54. The second-order valence-electron chi connectivity index (χ2n) is 7.94. The Kier molecular flexibility index (Phi) is 6.57. The summed E-state index contributed by atoms with van der Waals surface area (Å²) in [5.74, 6) is 0.249. The van der Waals surface area contributed by atoms with Crippen molar-refractivity contribution < 1.29 is 13.9 Å². The molecule has 0 saturated carbocycles. The Bertz CT molecular complexity index is 1140. The third-order valence-corrected chi connectivity index (χ3v) is 6.15. The van der Waals surface area contributed by atoms with Crippen LogP contribution < -0.4 is 15.4 Å². The van der Waals surface area contributed by atoms with Gasteiger partial charge in [0.15, 0.2) is 11.6 Å². The van der Waals surface area contributed by atoms with Crippen molar-refractivity contribution in [2.24, 2.45) is 0 Å². The number of amides is 1. The minimum atomic E-state index is -0.541. The first kappa shape index (κ1) is 22.4. The van der Waals surface area contributed by atoms with Gasteiger partial charge in [0.05, 0.1) is 11.6 Å². The average molecular weight is 476 g/mol. The summed E-state index contributed by atoms with van der Waals surface area (Å²) >= 11 is 7.77. The van der Waals surface area contributed by atoms with Gasteiger partial charge in [0, 0.05) is 35.3 Å². The van der Waals surface area contributed by atoms with Crippen molar-refractivity contribution in [3.8, 4) is 26.9 Å². The predicted molar refractivity (Wildman–Crippen MR) is 124 cm³/mol. The van der Waals surface area contributed by atoms with Gasteiger partial charge in [-0.25, -0.2) is 9.37 Å². The Morgan fingerprint density at radius 2 is 2.03 bits per heavy atom. The first-order valence-corrected chi connectivity index (χ1v) is 11.5. The van der Waals surface area contributed by atoms with Crippen molar-refractivity contribution in [1.29, 1.82) is 0 Å². The number of piperidine rings is 1. The number of rotatable bonds is 6. The lowest BCUT2D eigenvalue weighted by Crippen LogP contribution is -2.40. The van der Waals surface area contributed by atoms with E-state index in [-0.39, 0.29) is 23.8 Å². The molecule has 1 saturated heterocycles. The molecule has 4 rings (SSSR count). The minimum Gasteiger partial charge on any atom is -0.485 e. The summed E-state index contributed by atoms with van der Waals surface area (Å²) in [7, 11) is 0. The maximum atomic E-state index is 14.8. The monoisotopic (exact) mass is 475 g/mol. The van der Waals surface area contributed by atoms with Crippen molar-refractivity contribution in [3.05, 3.63) is 40.8 Å². The Balaban J connectivity index is 1.57. The van der Waals surface area contributed by atoms with E-state index in [9.17, 15) is 9.18 Å². The van der Waals surface area contributed by atoms with Crippen LogP contribution in [-0.4, -0.2) is 39.8 Å². The number of carbonyl (C=O) groups excluding carboxylic acids is 1. The SMILES string of the molecule is Cc1cc(-c2nnc(-c3cc(F)c(O[C@H]4CCC(=O)NC4)cc3Cl)s2)cc(NC(C)C)n1. The molecule has 2 N–H and O–H groups in total. The number of aryl methyl sites for hydroxylation is 1. The molecule has 10 heteroatoms. The quantitative estimate of drug-likeness (QED) is 0.530. The number of ether oxygens (including phenoxy) is 1. The van der Waals surface area contributed by atoms with E-state index in [4.69, 9.17) is 16.3 Å². The van der Waals surface area contributed by atoms with Crippen molar-refractivity contribution in [3.63, 3.8) is 0 Å². The van der Waals surface area contributed by atoms with E-state index in [0.717, 1.165) is 17.1 Å². The van der Waals surface area contributed by atoms with E-state index in [0.29, 0.717) is 40.0 Å². The van der Waals surface area contributed by atoms with Gasteiger partial charge < -0.3 is 15.4 Å². The molecule has 0 bridgehead atoms. The molecule has 1 aromatic carbocycles. The van der Waals surface area contributed by atoms with E-state index >= 15 is 0 Å². The molecule has 2 aromatic heterocycles. The van der Waals surface area contributed by atoms with E-state index in [1.54, 1.807) is 0 Å². The molecular weight excluding hydrogens is 453 g/mol. The third kappa shape index (κ3) is 5.16. The van der Waals surface area contributed by atoms with E-state index < -0.39 is 5.82 Å². The van der Waals surface area contributed by atoms with Crippen LogP contribution in [0.3, 0.4) is 0 Å². The van der Waals surface area contributed by atoms with Gasteiger partial charge in [0.1, 0.15) is 21.9 Å². The lowest BCUT2D eigenvalue weighted by atomic mass is 10.1. The number of aromatic nitrogens is 3. The standard InChI is InChI=1S/C22H23ClFN5O2S/c1-11(2)26-19-7-13(6-12(3)27-19)21-28-29-22(32-21)15-8-17(24)18(9-16(15)23)31-14-4-5-20(30)25-10-14/h6-9,11,14H,4-5,10H2,1-3H3,(H,25,30)(H,26,27)/t14-/m0/s1. The van der Waals surface area contributed by atoms with Crippen LogP contribution >= 0.6 is 22.9 Å². The molecule has 1 aliphatic rings. The zero-order valence-electron chi connectivity index (χ0n) is 17.9. The summed E-state index contributed by atoms with van der Waals surface area (Å²) in [6.45, 7) is 6.35. The number of hydrogen-bond acceptors (Lipinski definition) is 7. The predicted octanol–water partition coefficient (Wildman–Crippen LogP) is 4.85. The molecule has 32 heavy (non-hydrogen) atoms. The van der Waals surface area contributed by atoms with Crippen LogP contribution in [0.15, 0.2) is 24.3 Å². The van der Waals surface area contributed by atoms with E-state index in [1.165, 1.54) is 23.5 Å². The van der Waals surface area contributed by atoms with Crippen LogP contribution in [0, 0.1) is 12.7 Å². The third-order valence-electron chi connectivity index (χ3n) is 4.83. The van der Waals surface area contributed by atoms with Gasteiger partial charge in [-0.05, 0) is 45.4 Å². The fraction of sp³-hybridized carbons (Fsp3) is 0.364. The maximum Gasteiger partial charge on any atom is 0.220 e. The normalized spacial score (nSPS) is 16.2. The van der Waals surface area contributed by atoms with Gasteiger partial charge >= 0.3 is 0 Å². The van der Waals surface area contributed by atoms with Crippen molar-refractivity contribution in [2.45, 2.75) is 45.8 Å². The number of carbonyl (C=O) groups is 1. The molecular formula is C22H23ClFN5O2S. The maximum absolute atomic E-state index is 14.8. The number of halogens is 2. The molecule has 3 aromatic rings. The summed E-state index contributed by atoms with van der Waals surface area (Å²) < 4.78 is 20.5. The van der Waals surface area contributed by atoms with Gasteiger partial charge in [-0.3, -0.25) is 4.79 Å². The molecule has 1 aliphatic heterocycles. The van der Waals surface area contributed by atoms with Crippen LogP contribution in [0.4, 0.5) is 10.2 Å². The van der Waals surface area contributed by atoms with Gasteiger partial charge in [0.2, 0.25) is 5.91 Å². The van der Waals surface area contributed by atoms with E-state index in [2.05, 4.69) is 25.8 Å². The minimum absolute atomic E-state index is 0.0257. The van der Waals surface area contributed by atoms with E-state index in [1.807, 2.05) is 32.9 Å². The number of anilines is 1. The highest BCUT2D eigenvalue weighted by Gasteiger charge is 2.22.